The lowest BCUT2D eigenvalue weighted by molar-refractivity contribution is 0.0727. The molecular weight excluding hydrogens is 380 g/mol. The first kappa shape index (κ1) is 19.5. The van der Waals surface area contributed by atoms with Gasteiger partial charge in [-0.15, -0.1) is 0 Å². The summed E-state index contributed by atoms with van der Waals surface area (Å²) in [6.45, 7) is 12.3. The fraction of sp³-hybridized carbons (Fsp3) is 0.381. The molecule has 0 bridgehead atoms. The van der Waals surface area contributed by atoms with Gasteiger partial charge in [0.05, 0.1) is 6.10 Å². The van der Waals surface area contributed by atoms with Crippen LogP contribution < -0.4 is 9.47 Å². The number of carbonyl (C=O) groups excluding carboxylic acids is 1. The van der Waals surface area contributed by atoms with Crippen LogP contribution in [0.2, 0.25) is 0 Å². The highest BCUT2D eigenvalue weighted by Gasteiger charge is 2.19. The van der Waals surface area contributed by atoms with Crippen LogP contribution in [-0.2, 0) is 5.41 Å². The van der Waals surface area contributed by atoms with Crippen LogP contribution in [0.5, 0.6) is 11.5 Å². The molecule has 2 aromatic carbocycles. The monoisotopic (exact) mass is 404 g/mol. The van der Waals surface area contributed by atoms with Gasteiger partial charge < -0.3 is 9.47 Å². The van der Waals surface area contributed by atoms with E-state index in [1.165, 1.54) is 5.56 Å². The molecule has 0 aliphatic rings. The number of carbonyl (C=O) groups is 1. The standard InChI is InChI=1S/C21H25BrO3/c1-13(2)24-19-10-8-16(22)12-17(19)20(23)25-18-9-7-15(11-14(18)3)21(4,5)6/h7-13H,1-6H3. The normalized spacial score (nSPS) is 11.5. The molecule has 2 aromatic rings. The molecule has 4 heteroatoms. The zero-order chi connectivity index (χ0) is 18.8. The van der Waals surface area contributed by atoms with E-state index in [1.54, 1.807) is 12.1 Å². The fourth-order valence-corrected chi connectivity index (χ4v) is 2.76. The van der Waals surface area contributed by atoms with Crippen molar-refractivity contribution in [2.24, 2.45) is 0 Å². The topological polar surface area (TPSA) is 35.5 Å². The summed E-state index contributed by atoms with van der Waals surface area (Å²) in [5.74, 6) is 0.657. The van der Waals surface area contributed by atoms with E-state index >= 15 is 0 Å². The Kier molecular flexibility index (Phi) is 5.94. The second kappa shape index (κ2) is 7.61. The largest absolute Gasteiger partial charge is 0.490 e. The molecule has 3 nitrogen and oxygen atoms in total. The Morgan fingerprint density at radius 3 is 2.24 bits per heavy atom. The maximum absolute atomic E-state index is 12.7. The van der Waals surface area contributed by atoms with Gasteiger partial charge in [-0.25, -0.2) is 4.79 Å². The highest BCUT2D eigenvalue weighted by atomic mass is 79.9. The lowest BCUT2D eigenvalue weighted by Crippen LogP contribution is -2.15. The van der Waals surface area contributed by atoms with Gasteiger partial charge in [0.25, 0.3) is 0 Å². The van der Waals surface area contributed by atoms with Gasteiger partial charge in [-0.05, 0) is 61.6 Å². The lowest BCUT2D eigenvalue weighted by atomic mass is 9.86. The van der Waals surface area contributed by atoms with Crippen LogP contribution in [0.4, 0.5) is 0 Å². The van der Waals surface area contributed by atoms with Crippen LogP contribution in [0.15, 0.2) is 40.9 Å². The number of benzene rings is 2. The first-order chi connectivity index (χ1) is 11.6. The average Bonchev–Trinajstić information content (AvgIpc) is 2.49. The maximum Gasteiger partial charge on any atom is 0.347 e. The molecule has 0 aromatic heterocycles. The molecule has 134 valence electrons. The first-order valence-corrected chi connectivity index (χ1v) is 9.16. The van der Waals surface area contributed by atoms with Crippen LogP contribution >= 0.6 is 15.9 Å². The first-order valence-electron chi connectivity index (χ1n) is 8.37. The molecular formula is C21H25BrO3. The third-order valence-corrected chi connectivity index (χ3v) is 4.26. The van der Waals surface area contributed by atoms with Gasteiger partial charge >= 0.3 is 5.97 Å². The summed E-state index contributed by atoms with van der Waals surface area (Å²) in [5.41, 5.74) is 2.59. The number of hydrogen-bond donors (Lipinski definition) is 0. The van der Waals surface area contributed by atoms with E-state index in [-0.39, 0.29) is 11.5 Å². The third kappa shape index (κ3) is 5.08. The maximum atomic E-state index is 12.7. The van der Waals surface area contributed by atoms with Crippen LogP contribution in [0.3, 0.4) is 0 Å². The number of aryl methyl sites for hydroxylation is 1. The number of ether oxygens (including phenoxy) is 2. The van der Waals surface area contributed by atoms with E-state index in [4.69, 9.17) is 9.47 Å². The third-order valence-electron chi connectivity index (χ3n) is 3.77. The van der Waals surface area contributed by atoms with E-state index < -0.39 is 5.97 Å². The lowest BCUT2D eigenvalue weighted by Gasteiger charge is -2.20. The van der Waals surface area contributed by atoms with E-state index in [2.05, 4.69) is 42.8 Å². The summed E-state index contributed by atoms with van der Waals surface area (Å²) in [4.78, 5) is 12.7. The minimum atomic E-state index is -0.427. The van der Waals surface area contributed by atoms with Gasteiger partial charge in [0.1, 0.15) is 17.1 Å². The quantitative estimate of drug-likeness (QED) is 0.458. The zero-order valence-corrected chi connectivity index (χ0v) is 17.2. The molecule has 0 saturated heterocycles. The van der Waals surface area contributed by atoms with E-state index in [9.17, 15) is 4.79 Å². The molecule has 0 atom stereocenters. The smallest absolute Gasteiger partial charge is 0.347 e. The molecule has 0 fully saturated rings. The highest BCUT2D eigenvalue weighted by Crippen LogP contribution is 2.30. The number of rotatable bonds is 4. The molecule has 0 aliphatic carbocycles. The Labute approximate surface area is 158 Å². The average molecular weight is 405 g/mol. The molecule has 0 saturated carbocycles. The summed E-state index contributed by atoms with van der Waals surface area (Å²) in [7, 11) is 0. The predicted molar refractivity (Wildman–Crippen MR) is 105 cm³/mol. The van der Waals surface area contributed by atoms with Gasteiger partial charge in [-0.2, -0.15) is 0 Å². The van der Waals surface area contributed by atoms with Gasteiger partial charge in [0.2, 0.25) is 0 Å². The van der Waals surface area contributed by atoms with Crippen molar-refractivity contribution in [3.63, 3.8) is 0 Å². The molecule has 0 aliphatic heterocycles. The molecule has 2 rings (SSSR count). The van der Waals surface area contributed by atoms with Crippen LogP contribution in [0.1, 0.15) is 56.1 Å². The predicted octanol–water partition coefficient (Wildman–Crippen LogP) is 6.06. The number of hydrogen-bond acceptors (Lipinski definition) is 3. The van der Waals surface area contributed by atoms with Crippen LogP contribution in [-0.4, -0.2) is 12.1 Å². The van der Waals surface area contributed by atoms with Crippen molar-refractivity contribution in [2.45, 2.75) is 53.1 Å². The van der Waals surface area contributed by atoms with Crippen molar-refractivity contribution < 1.29 is 14.3 Å². The second-order valence-electron chi connectivity index (χ2n) is 7.43. The molecule has 0 spiro atoms. The zero-order valence-electron chi connectivity index (χ0n) is 15.6. The Hall–Kier alpha value is -1.81. The molecule has 0 unspecified atom stereocenters. The molecule has 0 heterocycles. The molecule has 0 amide bonds. The minimum Gasteiger partial charge on any atom is -0.490 e. The fourth-order valence-electron chi connectivity index (χ4n) is 2.40. The Morgan fingerprint density at radius 1 is 1.04 bits per heavy atom. The van der Waals surface area contributed by atoms with Gasteiger partial charge in [-0.1, -0.05) is 48.8 Å². The van der Waals surface area contributed by atoms with Crippen molar-refractivity contribution in [1.29, 1.82) is 0 Å². The summed E-state index contributed by atoms with van der Waals surface area (Å²) >= 11 is 3.40. The second-order valence-corrected chi connectivity index (χ2v) is 8.34. The molecule has 25 heavy (non-hydrogen) atoms. The van der Waals surface area contributed by atoms with Crippen molar-refractivity contribution in [1.82, 2.24) is 0 Å². The van der Waals surface area contributed by atoms with Crippen molar-refractivity contribution in [3.05, 3.63) is 57.6 Å². The number of halogens is 1. The van der Waals surface area contributed by atoms with E-state index in [1.807, 2.05) is 39.0 Å². The van der Waals surface area contributed by atoms with Gasteiger partial charge in [-0.3, -0.25) is 0 Å². The van der Waals surface area contributed by atoms with Gasteiger partial charge in [0.15, 0.2) is 0 Å². The van der Waals surface area contributed by atoms with Crippen LogP contribution in [0.25, 0.3) is 0 Å². The van der Waals surface area contributed by atoms with E-state index in [0.717, 1.165) is 10.0 Å². The van der Waals surface area contributed by atoms with E-state index in [0.29, 0.717) is 17.1 Å². The van der Waals surface area contributed by atoms with Crippen molar-refractivity contribution in [2.75, 3.05) is 0 Å². The summed E-state index contributed by atoms with van der Waals surface area (Å²) in [5, 5.41) is 0. The van der Waals surface area contributed by atoms with Crippen molar-refractivity contribution >= 4 is 21.9 Å². The van der Waals surface area contributed by atoms with Gasteiger partial charge in [0, 0.05) is 4.47 Å². The Bertz CT molecular complexity index is 773. The summed E-state index contributed by atoms with van der Waals surface area (Å²) in [6.07, 6.45) is -0.0273. The SMILES string of the molecule is Cc1cc(C(C)(C)C)ccc1OC(=O)c1cc(Br)ccc1OC(C)C. The Balaban J connectivity index is 2.30. The molecule has 0 N–H and O–H groups in total. The summed E-state index contributed by atoms with van der Waals surface area (Å²) < 4.78 is 12.2. The Morgan fingerprint density at radius 2 is 1.68 bits per heavy atom. The summed E-state index contributed by atoms with van der Waals surface area (Å²) in [6, 6.07) is 11.3. The minimum absolute atomic E-state index is 0.0273. The van der Waals surface area contributed by atoms with Crippen LogP contribution in [0, 0.1) is 6.92 Å². The highest BCUT2D eigenvalue weighted by molar-refractivity contribution is 9.10. The number of esters is 1. The van der Waals surface area contributed by atoms with Crippen molar-refractivity contribution in [3.8, 4) is 11.5 Å². The molecule has 0 radical (unpaired) electrons.